The maximum Gasteiger partial charge on any atom is 0.333 e. The summed E-state index contributed by atoms with van der Waals surface area (Å²) in [5.74, 6) is -0.145. The highest BCUT2D eigenvalue weighted by molar-refractivity contribution is 5.81. The molecule has 0 amide bonds. The van der Waals surface area contributed by atoms with Crippen molar-refractivity contribution in [3.05, 3.63) is 36.6 Å². The molecule has 0 saturated carbocycles. The Hall–Kier alpha value is -1.97. The largest absolute Gasteiger partial charge is 0.504 e. The molecule has 1 N–H and O–H groups in total. The molecule has 0 aliphatic carbocycles. The van der Waals surface area contributed by atoms with Crippen LogP contribution in [0.3, 0.4) is 0 Å². The topological polar surface area (TPSA) is 55.8 Å². The summed E-state index contributed by atoms with van der Waals surface area (Å²) in [5.41, 5.74) is 0. The number of para-hydroxylation sites is 2. The lowest BCUT2D eigenvalue weighted by molar-refractivity contribution is -0.137. The second-order valence-electron chi connectivity index (χ2n) is 3.06. The van der Waals surface area contributed by atoms with Crippen molar-refractivity contribution in [1.29, 1.82) is 0 Å². The molecule has 0 spiro atoms. The molecule has 0 heterocycles. The molecule has 1 aromatic carbocycles. The van der Waals surface area contributed by atoms with E-state index in [0.29, 0.717) is 12.4 Å². The predicted octanol–water partition coefficient (Wildman–Crippen LogP) is 2.24. The molecule has 1 rings (SSSR count). The first-order chi connectivity index (χ1) is 7.74. The van der Waals surface area contributed by atoms with Gasteiger partial charge in [0, 0.05) is 0 Å². The molecule has 4 nitrogen and oxygen atoms in total. The Bertz CT molecular complexity index is 371. The third-order valence-electron chi connectivity index (χ3n) is 1.71. The van der Waals surface area contributed by atoms with E-state index in [1.807, 2.05) is 6.92 Å². The standard InChI is InChI=1S/C12H14O4/c1-2-8-16-12(14)7-9-15-11-6-4-3-5-10(11)13/h3-7,9,13H,2,8H2,1H3/b9-7+. The van der Waals surface area contributed by atoms with Gasteiger partial charge in [-0.3, -0.25) is 0 Å². The molecule has 0 saturated heterocycles. The number of ether oxygens (including phenoxy) is 2. The maximum atomic E-state index is 11.0. The van der Waals surface area contributed by atoms with Gasteiger partial charge >= 0.3 is 5.97 Å². The summed E-state index contributed by atoms with van der Waals surface area (Å²) in [4.78, 5) is 11.0. The van der Waals surface area contributed by atoms with Crippen LogP contribution in [0.5, 0.6) is 11.5 Å². The van der Waals surface area contributed by atoms with Crippen molar-refractivity contribution in [2.75, 3.05) is 6.61 Å². The number of hydrogen-bond donors (Lipinski definition) is 1. The summed E-state index contributed by atoms with van der Waals surface area (Å²) in [6.45, 7) is 2.30. The van der Waals surface area contributed by atoms with E-state index in [1.54, 1.807) is 18.2 Å². The highest BCUT2D eigenvalue weighted by atomic mass is 16.5. The van der Waals surface area contributed by atoms with Gasteiger partial charge in [-0.2, -0.15) is 0 Å². The summed E-state index contributed by atoms with van der Waals surface area (Å²) in [7, 11) is 0. The van der Waals surface area contributed by atoms with Crippen LogP contribution in [-0.4, -0.2) is 17.7 Å². The maximum absolute atomic E-state index is 11.0. The van der Waals surface area contributed by atoms with Crippen molar-refractivity contribution < 1.29 is 19.4 Å². The summed E-state index contributed by atoms with van der Waals surface area (Å²) in [5, 5.41) is 9.34. The summed E-state index contributed by atoms with van der Waals surface area (Å²) in [6, 6.07) is 6.50. The Morgan fingerprint density at radius 3 is 2.88 bits per heavy atom. The van der Waals surface area contributed by atoms with Gasteiger partial charge in [-0.05, 0) is 18.6 Å². The smallest absolute Gasteiger partial charge is 0.333 e. The number of phenolic OH excluding ortho intramolecular Hbond substituents is 1. The normalized spacial score (nSPS) is 10.3. The molecule has 16 heavy (non-hydrogen) atoms. The molecular formula is C12H14O4. The number of phenols is 1. The van der Waals surface area contributed by atoms with E-state index in [9.17, 15) is 9.90 Å². The Labute approximate surface area is 94.1 Å². The molecule has 0 radical (unpaired) electrons. The van der Waals surface area contributed by atoms with Gasteiger partial charge in [-0.25, -0.2) is 4.79 Å². The van der Waals surface area contributed by atoms with E-state index >= 15 is 0 Å². The van der Waals surface area contributed by atoms with Gasteiger partial charge in [-0.15, -0.1) is 0 Å². The molecule has 4 heteroatoms. The molecule has 0 fully saturated rings. The lowest BCUT2D eigenvalue weighted by atomic mass is 10.3. The van der Waals surface area contributed by atoms with Crippen molar-refractivity contribution in [1.82, 2.24) is 0 Å². The van der Waals surface area contributed by atoms with Crippen LogP contribution in [0.15, 0.2) is 36.6 Å². The van der Waals surface area contributed by atoms with E-state index in [-0.39, 0.29) is 5.75 Å². The number of aromatic hydroxyl groups is 1. The fraction of sp³-hybridized carbons (Fsp3) is 0.250. The quantitative estimate of drug-likeness (QED) is 0.471. The van der Waals surface area contributed by atoms with Gasteiger partial charge in [0.1, 0.15) is 0 Å². The van der Waals surface area contributed by atoms with Crippen LogP contribution in [0.2, 0.25) is 0 Å². The fourth-order valence-corrected chi connectivity index (χ4v) is 0.970. The molecule has 0 atom stereocenters. The fourth-order valence-electron chi connectivity index (χ4n) is 0.970. The zero-order chi connectivity index (χ0) is 11.8. The average molecular weight is 222 g/mol. The van der Waals surface area contributed by atoms with Gasteiger partial charge in [0.25, 0.3) is 0 Å². The SMILES string of the molecule is CCCOC(=O)/C=C/Oc1ccccc1O. The van der Waals surface area contributed by atoms with E-state index in [2.05, 4.69) is 0 Å². The average Bonchev–Trinajstić information content (AvgIpc) is 2.29. The van der Waals surface area contributed by atoms with Gasteiger partial charge in [0.15, 0.2) is 11.5 Å². The summed E-state index contributed by atoms with van der Waals surface area (Å²) >= 11 is 0. The van der Waals surface area contributed by atoms with E-state index in [1.165, 1.54) is 18.4 Å². The summed E-state index contributed by atoms with van der Waals surface area (Å²) in [6.07, 6.45) is 3.13. The van der Waals surface area contributed by atoms with Crippen molar-refractivity contribution in [2.45, 2.75) is 13.3 Å². The molecular weight excluding hydrogens is 208 g/mol. The van der Waals surface area contributed by atoms with Crippen molar-refractivity contribution in [3.63, 3.8) is 0 Å². The van der Waals surface area contributed by atoms with Crippen LogP contribution in [-0.2, 0) is 9.53 Å². The zero-order valence-corrected chi connectivity index (χ0v) is 9.05. The van der Waals surface area contributed by atoms with Crippen LogP contribution in [0.1, 0.15) is 13.3 Å². The highest BCUT2D eigenvalue weighted by Crippen LogP contribution is 2.24. The van der Waals surface area contributed by atoms with E-state index in [0.717, 1.165) is 6.42 Å². The number of rotatable bonds is 5. The molecule has 1 aromatic rings. The highest BCUT2D eigenvalue weighted by Gasteiger charge is 1.99. The minimum absolute atomic E-state index is 0.0223. The van der Waals surface area contributed by atoms with Crippen LogP contribution in [0.4, 0.5) is 0 Å². The van der Waals surface area contributed by atoms with Gasteiger partial charge < -0.3 is 14.6 Å². The Kier molecular flexibility index (Phi) is 4.92. The lowest BCUT2D eigenvalue weighted by Gasteiger charge is -2.02. The minimum Gasteiger partial charge on any atom is -0.504 e. The number of benzene rings is 1. The van der Waals surface area contributed by atoms with E-state index < -0.39 is 5.97 Å². The predicted molar refractivity (Wildman–Crippen MR) is 59.1 cm³/mol. The first-order valence-corrected chi connectivity index (χ1v) is 5.02. The Balaban J connectivity index is 2.42. The number of carbonyl (C=O) groups excluding carboxylic acids is 1. The van der Waals surface area contributed by atoms with Crippen LogP contribution in [0.25, 0.3) is 0 Å². The van der Waals surface area contributed by atoms with Gasteiger partial charge in [0.2, 0.25) is 0 Å². The van der Waals surface area contributed by atoms with Crippen molar-refractivity contribution in [2.24, 2.45) is 0 Å². The molecule has 0 unspecified atom stereocenters. The molecule has 86 valence electrons. The lowest BCUT2D eigenvalue weighted by Crippen LogP contribution is -2.01. The van der Waals surface area contributed by atoms with Gasteiger partial charge in [-0.1, -0.05) is 19.1 Å². The third kappa shape index (κ3) is 4.04. The van der Waals surface area contributed by atoms with Crippen molar-refractivity contribution in [3.8, 4) is 11.5 Å². The minimum atomic E-state index is -0.461. The molecule has 0 aliphatic rings. The monoisotopic (exact) mass is 222 g/mol. The first kappa shape index (κ1) is 12.1. The Morgan fingerprint density at radius 2 is 2.19 bits per heavy atom. The second-order valence-corrected chi connectivity index (χ2v) is 3.06. The van der Waals surface area contributed by atoms with Crippen LogP contribution >= 0.6 is 0 Å². The van der Waals surface area contributed by atoms with Crippen molar-refractivity contribution >= 4 is 5.97 Å². The summed E-state index contributed by atoms with van der Waals surface area (Å²) < 4.78 is 9.85. The zero-order valence-electron chi connectivity index (χ0n) is 9.05. The second kappa shape index (κ2) is 6.50. The molecule has 0 bridgehead atoms. The molecule has 0 aliphatic heterocycles. The number of carbonyl (C=O) groups is 1. The van der Waals surface area contributed by atoms with Crippen LogP contribution < -0.4 is 4.74 Å². The first-order valence-electron chi connectivity index (χ1n) is 5.02. The Morgan fingerprint density at radius 1 is 1.44 bits per heavy atom. The number of hydrogen-bond acceptors (Lipinski definition) is 4. The third-order valence-corrected chi connectivity index (χ3v) is 1.71. The number of esters is 1. The van der Waals surface area contributed by atoms with E-state index in [4.69, 9.17) is 9.47 Å². The van der Waals surface area contributed by atoms with Gasteiger partial charge in [0.05, 0.1) is 18.9 Å². The molecule has 0 aromatic heterocycles. The van der Waals surface area contributed by atoms with Crippen LogP contribution in [0, 0.1) is 0 Å².